The highest BCUT2D eigenvalue weighted by Crippen LogP contribution is 2.22. The monoisotopic (exact) mass is 387 g/mol. The van der Waals surface area contributed by atoms with Gasteiger partial charge in [0.1, 0.15) is 17.3 Å². The first-order valence-corrected chi connectivity index (χ1v) is 9.44. The van der Waals surface area contributed by atoms with Crippen LogP contribution < -0.4 is 9.47 Å². The summed E-state index contributed by atoms with van der Waals surface area (Å²) in [6.07, 6.45) is 0.00112. The van der Waals surface area contributed by atoms with Crippen LogP contribution in [0.4, 0.5) is 4.39 Å². The van der Waals surface area contributed by atoms with Gasteiger partial charge < -0.3 is 14.4 Å². The third-order valence-corrected chi connectivity index (χ3v) is 4.60. The Bertz CT molecular complexity index is 820. The number of pyridine rings is 1. The zero-order chi connectivity index (χ0) is 20.1. The van der Waals surface area contributed by atoms with Gasteiger partial charge in [-0.3, -0.25) is 9.69 Å². The number of hydrogen-bond donors (Lipinski definition) is 0. The third-order valence-electron chi connectivity index (χ3n) is 4.60. The van der Waals surface area contributed by atoms with Gasteiger partial charge in [0.05, 0.1) is 13.2 Å². The molecule has 0 atom stereocenters. The van der Waals surface area contributed by atoms with Crippen LogP contribution in [0.15, 0.2) is 36.4 Å². The number of carbonyl (C=O) groups is 1. The van der Waals surface area contributed by atoms with Crippen molar-refractivity contribution < 1.29 is 18.7 Å². The van der Waals surface area contributed by atoms with Gasteiger partial charge in [-0.1, -0.05) is 6.07 Å². The molecule has 0 spiro atoms. The number of piperazine rings is 1. The van der Waals surface area contributed by atoms with Crippen molar-refractivity contribution >= 4 is 5.91 Å². The second kappa shape index (κ2) is 9.01. The minimum absolute atomic E-state index is 0.00112. The number of ether oxygens (including phenoxy) is 2. The summed E-state index contributed by atoms with van der Waals surface area (Å²) in [7, 11) is 1.58. The van der Waals surface area contributed by atoms with E-state index in [1.807, 2.05) is 13.8 Å². The minimum Gasteiger partial charge on any atom is -0.496 e. The topological polar surface area (TPSA) is 54.9 Å². The Hall–Kier alpha value is -2.67. The second-order valence-corrected chi connectivity index (χ2v) is 7.05. The Balaban J connectivity index is 1.59. The van der Waals surface area contributed by atoms with Crippen LogP contribution in [0, 0.1) is 5.82 Å². The molecule has 0 bridgehead atoms. The summed E-state index contributed by atoms with van der Waals surface area (Å²) in [5.41, 5.74) is 1.20. The number of amides is 1. The first-order chi connectivity index (χ1) is 13.5. The number of benzene rings is 1. The molecule has 0 aliphatic carbocycles. The lowest BCUT2D eigenvalue weighted by atomic mass is 10.1. The molecule has 1 amide bonds. The van der Waals surface area contributed by atoms with E-state index >= 15 is 0 Å². The molecule has 2 heterocycles. The summed E-state index contributed by atoms with van der Waals surface area (Å²) >= 11 is 0. The SMILES string of the molecule is COc1ccc(F)cc1CN1CCN(C(=O)c2cccc(OC(C)C)n2)CC1. The van der Waals surface area contributed by atoms with Crippen LogP contribution in [0.25, 0.3) is 0 Å². The van der Waals surface area contributed by atoms with Crippen molar-refractivity contribution in [2.24, 2.45) is 0 Å². The molecular weight excluding hydrogens is 361 g/mol. The van der Waals surface area contributed by atoms with Gasteiger partial charge in [0.15, 0.2) is 0 Å². The van der Waals surface area contributed by atoms with Crippen LogP contribution in [-0.2, 0) is 6.54 Å². The van der Waals surface area contributed by atoms with Crippen molar-refractivity contribution in [1.82, 2.24) is 14.8 Å². The predicted molar refractivity (Wildman–Crippen MR) is 104 cm³/mol. The van der Waals surface area contributed by atoms with Crippen LogP contribution in [0.2, 0.25) is 0 Å². The van der Waals surface area contributed by atoms with Crippen LogP contribution in [0.3, 0.4) is 0 Å². The van der Waals surface area contributed by atoms with E-state index in [-0.39, 0.29) is 17.8 Å². The standard InChI is InChI=1S/C21H26FN3O3/c1-15(2)28-20-6-4-5-18(23-20)21(26)25-11-9-24(10-12-25)14-16-13-17(22)7-8-19(16)27-3/h4-8,13,15H,9-12,14H2,1-3H3. The third kappa shape index (κ3) is 4.98. The van der Waals surface area contributed by atoms with Crippen molar-refractivity contribution in [1.29, 1.82) is 0 Å². The molecule has 2 aromatic rings. The number of nitrogens with zero attached hydrogens (tertiary/aromatic N) is 3. The number of rotatable bonds is 6. The van der Waals surface area contributed by atoms with Gasteiger partial charge in [-0.2, -0.15) is 0 Å². The number of halogens is 1. The molecule has 150 valence electrons. The van der Waals surface area contributed by atoms with E-state index in [1.54, 1.807) is 36.3 Å². The van der Waals surface area contributed by atoms with E-state index in [9.17, 15) is 9.18 Å². The molecule has 28 heavy (non-hydrogen) atoms. The molecule has 7 heteroatoms. The molecule has 1 aromatic heterocycles. The molecule has 3 rings (SSSR count). The Morgan fingerprint density at radius 1 is 1.18 bits per heavy atom. The van der Waals surface area contributed by atoms with E-state index in [4.69, 9.17) is 9.47 Å². The molecule has 1 saturated heterocycles. The Labute approximate surface area is 164 Å². The summed E-state index contributed by atoms with van der Waals surface area (Å²) < 4.78 is 24.5. The van der Waals surface area contributed by atoms with E-state index in [0.717, 1.165) is 5.56 Å². The lowest BCUT2D eigenvalue weighted by molar-refractivity contribution is 0.0620. The Morgan fingerprint density at radius 2 is 1.93 bits per heavy atom. The maximum atomic E-state index is 13.6. The van der Waals surface area contributed by atoms with E-state index in [0.29, 0.717) is 50.0 Å². The van der Waals surface area contributed by atoms with Gasteiger partial charge in [-0.05, 0) is 38.1 Å². The highest BCUT2D eigenvalue weighted by molar-refractivity contribution is 5.92. The Kier molecular flexibility index (Phi) is 6.46. The zero-order valence-electron chi connectivity index (χ0n) is 16.5. The first kappa shape index (κ1) is 20.1. The molecule has 0 saturated carbocycles. The van der Waals surface area contributed by atoms with E-state index in [1.165, 1.54) is 12.1 Å². The molecule has 1 aromatic carbocycles. The van der Waals surface area contributed by atoms with Gasteiger partial charge in [0.2, 0.25) is 5.88 Å². The van der Waals surface area contributed by atoms with Gasteiger partial charge in [-0.25, -0.2) is 9.37 Å². The maximum absolute atomic E-state index is 13.6. The van der Waals surface area contributed by atoms with E-state index in [2.05, 4.69) is 9.88 Å². The van der Waals surface area contributed by atoms with Gasteiger partial charge in [0.25, 0.3) is 5.91 Å². The molecule has 1 aliphatic rings. The molecule has 0 radical (unpaired) electrons. The fraction of sp³-hybridized carbons (Fsp3) is 0.429. The minimum atomic E-state index is -0.279. The van der Waals surface area contributed by atoms with Crippen LogP contribution in [0.1, 0.15) is 29.9 Å². The van der Waals surface area contributed by atoms with Crippen LogP contribution in [-0.4, -0.2) is 60.1 Å². The molecule has 1 aliphatic heterocycles. The smallest absolute Gasteiger partial charge is 0.272 e. The summed E-state index contributed by atoms with van der Waals surface area (Å²) in [4.78, 5) is 21.1. The second-order valence-electron chi connectivity index (χ2n) is 7.05. The number of methoxy groups -OCH3 is 1. The first-order valence-electron chi connectivity index (χ1n) is 9.44. The van der Waals surface area contributed by atoms with Gasteiger partial charge in [0, 0.05) is 44.4 Å². The normalized spacial score (nSPS) is 15.0. The molecule has 0 unspecified atom stereocenters. The van der Waals surface area contributed by atoms with Crippen LogP contribution >= 0.6 is 0 Å². The lowest BCUT2D eigenvalue weighted by Crippen LogP contribution is -2.48. The average Bonchev–Trinajstić information content (AvgIpc) is 2.68. The highest BCUT2D eigenvalue weighted by atomic mass is 19.1. The van der Waals surface area contributed by atoms with Crippen molar-refractivity contribution in [3.05, 3.63) is 53.5 Å². The molecular formula is C21H26FN3O3. The number of hydrogen-bond acceptors (Lipinski definition) is 5. The summed E-state index contributed by atoms with van der Waals surface area (Å²) in [5, 5.41) is 0. The van der Waals surface area contributed by atoms with Crippen LogP contribution in [0.5, 0.6) is 11.6 Å². The van der Waals surface area contributed by atoms with Gasteiger partial charge in [-0.15, -0.1) is 0 Å². The largest absolute Gasteiger partial charge is 0.496 e. The Morgan fingerprint density at radius 3 is 2.61 bits per heavy atom. The number of aromatic nitrogens is 1. The van der Waals surface area contributed by atoms with E-state index < -0.39 is 0 Å². The zero-order valence-corrected chi connectivity index (χ0v) is 16.5. The average molecular weight is 387 g/mol. The predicted octanol–water partition coefficient (Wildman–Crippen LogP) is 2.97. The number of carbonyl (C=O) groups excluding carboxylic acids is 1. The maximum Gasteiger partial charge on any atom is 0.272 e. The van der Waals surface area contributed by atoms with Gasteiger partial charge >= 0.3 is 0 Å². The summed E-state index contributed by atoms with van der Waals surface area (Å²) in [6.45, 7) is 7.01. The van der Waals surface area contributed by atoms with Crippen molar-refractivity contribution in [2.75, 3.05) is 33.3 Å². The van der Waals surface area contributed by atoms with Crippen molar-refractivity contribution in [2.45, 2.75) is 26.5 Å². The fourth-order valence-electron chi connectivity index (χ4n) is 3.22. The fourth-order valence-corrected chi connectivity index (χ4v) is 3.22. The molecule has 0 N–H and O–H groups in total. The van der Waals surface area contributed by atoms with Crippen molar-refractivity contribution in [3.63, 3.8) is 0 Å². The lowest BCUT2D eigenvalue weighted by Gasteiger charge is -2.34. The quantitative estimate of drug-likeness (QED) is 0.763. The summed E-state index contributed by atoms with van der Waals surface area (Å²) in [6, 6.07) is 9.77. The highest BCUT2D eigenvalue weighted by Gasteiger charge is 2.24. The summed E-state index contributed by atoms with van der Waals surface area (Å²) in [5.74, 6) is 0.750. The van der Waals surface area contributed by atoms with Crippen molar-refractivity contribution in [3.8, 4) is 11.6 Å². The molecule has 1 fully saturated rings. The molecule has 6 nitrogen and oxygen atoms in total.